The van der Waals surface area contributed by atoms with Crippen molar-refractivity contribution in [3.05, 3.63) is 64.1 Å². The van der Waals surface area contributed by atoms with Gasteiger partial charge in [0.25, 0.3) is 0 Å². The summed E-state index contributed by atoms with van der Waals surface area (Å²) in [7, 11) is 0. The Morgan fingerprint density at radius 1 is 1.00 bits per heavy atom. The number of halogens is 2. The summed E-state index contributed by atoms with van der Waals surface area (Å²) in [6.45, 7) is 1.60. The average Bonchev–Trinajstić information content (AvgIpc) is 2.42. The Morgan fingerprint density at radius 2 is 1.45 bits per heavy atom. The van der Waals surface area contributed by atoms with Gasteiger partial charge < -0.3 is 10.4 Å². The predicted molar refractivity (Wildman–Crippen MR) is 81.5 cm³/mol. The maximum absolute atomic E-state index is 11.7. The molecule has 0 saturated heterocycles. The lowest BCUT2D eigenvalue weighted by atomic mass is 9.91. The molecule has 0 aliphatic carbocycles. The molecule has 2 aromatic carbocycles. The second-order valence-corrected chi connectivity index (χ2v) is 5.44. The van der Waals surface area contributed by atoms with Crippen LogP contribution in [0, 0.1) is 0 Å². The first kappa shape index (κ1) is 14.7. The van der Waals surface area contributed by atoms with Crippen LogP contribution in [0.15, 0.2) is 48.5 Å². The van der Waals surface area contributed by atoms with Crippen LogP contribution in [0.1, 0.15) is 12.5 Å². The Bertz CT molecular complexity index is 611. The van der Waals surface area contributed by atoms with Crippen molar-refractivity contribution in [1.29, 1.82) is 0 Å². The predicted octanol–water partition coefficient (Wildman–Crippen LogP) is 4.41. The van der Waals surface area contributed by atoms with Gasteiger partial charge in [0.2, 0.25) is 0 Å². The Kier molecular flexibility index (Phi) is 4.21. The molecule has 0 aromatic heterocycles. The van der Waals surface area contributed by atoms with E-state index in [1.54, 1.807) is 55.5 Å². The van der Waals surface area contributed by atoms with Crippen LogP contribution in [0.4, 0.5) is 5.69 Å². The van der Waals surface area contributed by atoms with Gasteiger partial charge in [0.1, 0.15) is 0 Å². The number of carboxylic acid groups (broad SMARTS) is 1. The SMILES string of the molecule is CC(Nc1ccc(Cl)cc1)(C(=O)O)c1ccc(Cl)cc1. The summed E-state index contributed by atoms with van der Waals surface area (Å²) < 4.78 is 0. The van der Waals surface area contributed by atoms with E-state index in [0.717, 1.165) is 0 Å². The Hall–Kier alpha value is -1.71. The maximum atomic E-state index is 11.7. The lowest BCUT2D eigenvalue weighted by Crippen LogP contribution is -2.40. The fourth-order valence-corrected chi connectivity index (χ4v) is 2.11. The van der Waals surface area contributed by atoms with Gasteiger partial charge in [-0.25, -0.2) is 4.79 Å². The molecule has 104 valence electrons. The van der Waals surface area contributed by atoms with E-state index in [1.165, 1.54) is 0 Å². The van der Waals surface area contributed by atoms with E-state index < -0.39 is 11.5 Å². The topological polar surface area (TPSA) is 49.3 Å². The summed E-state index contributed by atoms with van der Waals surface area (Å²) >= 11 is 11.7. The number of nitrogens with one attached hydrogen (secondary N) is 1. The fraction of sp³-hybridized carbons (Fsp3) is 0.133. The van der Waals surface area contributed by atoms with E-state index in [2.05, 4.69) is 5.32 Å². The summed E-state index contributed by atoms with van der Waals surface area (Å²) in [5, 5.41) is 13.7. The highest BCUT2D eigenvalue weighted by Crippen LogP contribution is 2.28. The van der Waals surface area contributed by atoms with Crippen LogP contribution < -0.4 is 5.32 Å². The van der Waals surface area contributed by atoms with E-state index in [-0.39, 0.29) is 0 Å². The molecule has 2 rings (SSSR count). The van der Waals surface area contributed by atoms with Crippen molar-refractivity contribution in [3.8, 4) is 0 Å². The molecule has 0 aliphatic rings. The average molecular weight is 310 g/mol. The molecule has 0 saturated carbocycles. The number of aliphatic carboxylic acids is 1. The van der Waals surface area contributed by atoms with Gasteiger partial charge in [-0.05, 0) is 48.9 Å². The molecule has 0 heterocycles. The number of carboxylic acids is 1. The van der Waals surface area contributed by atoms with Crippen LogP contribution in [0.3, 0.4) is 0 Å². The largest absolute Gasteiger partial charge is 0.479 e. The van der Waals surface area contributed by atoms with Gasteiger partial charge in [0.05, 0.1) is 0 Å². The van der Waals surface area contributed by atoms with Crippen LogP contribution in [-0.4, -0.2) is 11.1 Å². The summed E-state index contributed by atoms with van der Waals surface area (Å²) in [5.74, 6) is -0.977. The van der Waals surface area contributed by atoms with E-state index in [4.69, 9.17) is 23.2 Å². The first-order valence-electron chi connectivity index (χ1n) is 5.95. The van der Waals surface area contributed by atoms with E-state index in [0.29, 0.717) is 21.3 Å². The molecule has 20 heavy (non-hydrogen) atoms. The second kappa shape index (κ2) is 5.73. The fourth-order valence-electron chi connectivity index (χ4n) is 1.85. The smallest absolute Gasteiger partial charge is 0.333 e. The molecule has 1 unspecified atom stereocenters. The number of benzene rings is 2. The van der Waals surface area contributed by atoms with E-state index >= 15 is 0 Å². The van der Waals surface area contributed by atoms with Gasteiger partial charge in [-0.15, -0.1) is 0 Å². The monoisotopic (exact) mass is 309 g/mol. The maximum Gasteiger partial charge on any atom is 0.333 e. The third-order valence-electron chi connectivity index (χ3n) is 3.09. The lowest BCUT2D eigenvalue weighted by Gasteiger charge is -2.28. The van der Waals surface area contributed by atoms with Gasteiger partial charge in [0, 0.05) is 15.7 Å². The standard InChI is InChI=1S/C15H13Cl2NO2/c1-15(14(19)20,10-2-4-11(16)5-3-10)18-13-8-6-12(17)7-9-13/h2-9,18H,1H3,(H,19,20). The second-order valence-electron chi connectivity index (χ2n) is 4.57. The van der Waals surface area contributed by atoms with Crippen LogP contribution in [-0.2, 0) is 10.3 Å². The lowest BCUT2D eigenvalue weighted by molar-refractivity contribution is -0.142. The van der Waals surface area contributed by atoms with Crippen molar-refractivity contribution in [1.82, 2.24) is 0 Å². The van der Waals surface area contributed by atoms with Crippen molar-refractivity contribution in [2.75, 3.05) is 5.32 Å². The van der Waals surface area contributed by atoms with Crippen molar-refractivity contribution >= 4 is 34.9 Å². The molecule has 0 fully saturated rings. The molecule has 1 atom stereocenters. The molecular formula is C15H13Cl2NO2. The molecule has 2 aromatic rings. The zero-order valence-electron chi connectivity index (χ0n) is 10.7. The third-order valence-corrected chi connectivity index (χ3v) is 3.59. The molecule has 5 heteroatoms. The highest BCUT2D eigenvalue weighted by molar-refractivity contribution is 6.30. The molecule has 0 radical (unpaired) electrons. The third kappa shape index (κ3) is 3.06. The quantitative estimate of drug-likeness (QED) is 0.879. The first-order valence-corrected chi connectivity index (χ1v) is 6.70. The van der Waals surface area contributed by atoms with Gasteiger partial charge >= 0.3 is 5.97 Å². The van der Waals surface area contributed by atoms with E-state index in [9.17, 15) is 9.90 Å². The zero-order valence-corrected chi connectivity index (χ0v) is 12.2. The molecule has 2 N–H and O–H groups in total. The Morgan fingerprint density at radius 3 is 1.90 bits per heavy atom. The van der Waals surface area contributed by atoms with Crippen molar-refractivity contribution in [3.63, 3.8) is 0 Å². The van der Waals surface area contributed by atoms with Gasteiger partial charge in [-0.3, -0.25) is 0 Å². The molecule has 0 amide bonds. The molecule has 3 nitrogen and oxygen atoms in total. The van der Waals surface area contributed by atoms with Crippen LogP contribution in [0.25, 0.3) is 0 Å². The van der Waals surface area contributed by atoms with Gasteiger partial charge in [-0.1, -0.05) is 35.3 Å². The summed E-state index contributed by atoms with van der Waals surface area (Å²) in [6, 6.07) is 13.6. The number of rotatable bonds is 4. The summed E-state index contributed by atoms with van der Waals surface area (Å²) in [6.07, 6.45) is 0. The van der Waals surface area contributed by atoms with Crippen LogP contribution >= 0.6 is 23.2 Å². The van der Waals surface area contributed by atoms with Crippen LogP contribution in [0.2, 0.25) is 10.0 Å². The summed E-state index contributed by atoms with van der Waals surface area (Å²) in [5.41, 5.74) is 0.0388. The van der Waals surface area contributed by atoms with Crippen LogP contribution in [0.5, 0.6) is 0 Å². The van der Waals surface area contributed by atoms with Crippen molar-refractivity contribution in [2.45, 2.75) is 12.5 Å². The number of anilines is 1. The minimum absolute atomic E-state index is 0.563. The van der Waals surface area contributed by atoms with Gasteiger partial charge in [0.15, 0.2) is 5.54 Å². The molecule has 0 spiro atoms. The minimum Gasteiger partial charge on any atom is -0.479 e. The normalized spacial score (nSPS) is 13.6. The van der Waals surface area contributed by atoms with Crippen molar-refractivity contribution < 1.29 is 9.90 Å². The molecular weight excluding hydrogens is 297 g/mol. The Balaban J connectivity index is 2.37. The molecule has 0 bridgehead atoms. The number of hydrogen-bond donors (Lipinski definition) is 2. The highest BCUT2D eigenvalue weighted by atomic mass is 35.5. The summed E-state index contributed by atoms with van der Waals surface area (Å²) in [4.78, 5) is 11.7. The number of hydrogen-bond acceptors (Lipinski definition) is 2. The van der Waals surface area contributed by atoms with E-state index in [1.807, 2.05) is 0 Å². The number of carbonyl (C=O) groups is 1. The first-order chi connectivity index (χ1) is 9.41. The zero-order chi connectivity index (χ0) is 14.8. The minimum atomic E-state index is -1.25. The molecule has 0 aliphatic heterocycles. The Labute approximate surface area is 127 Å². The van der Waals surface area contributed by atoms with Gasteiger partial charge in [-0.2, -0.15) is 0 Å². The van der Waals surface area contributed by atoms with Crippen molar-refractivity contribution in [2.24, 2.45) is 0 Å². The highest BCUT2D eigenvalue weighted by Gasteiger charge is 2.35.